The van der Waals surface area contributed by atoms with Gasteiger partial charge in [-0.25, -0.2) is 0 Å². The van der Waals surface area contributed by atoms with E-state index in [1.165, 1.54) is 0 Å². The van der Waals surface area contributed by atoms with Gasteiger partial charge in [0.15, 0.2) is 0 Å². The first kappa shape index (κ1) is 8.69. The van der Waals surface area contributed by atoms with Crippen molar-refractivity contribution in [2.75, 3.05) is 6.54 Å². The van der Waals surface area contributed by atoms with E-state index in [2.05, 4.69) is 10.2 Å². The van der Waals surface area contributed by atoms with Crippen LogP contribution in [0.4, 0.5) is 0 Å². The molecule has 1 aliphatic heterocycles. The third-order valence-corrected chi connectivity index (χ3v) is 3.07. The summed E-state index contributed by atoms with van der Waals surface area (Å²) in [5, 5.41) is 2.76. The predicted octanol–water partition coefficient (Wildman–Crippen LogP) is -0.114. The van der Waals surface area contributed by atoms with E-state index in [1.54, 1.807) is 0 Å². The second-order valence-corrected chi connectivity index (χ2v) is 3.86. The van der Waals surface area contributed by atoms with Crippen molar-refractivity contribution in [2.45, 2.75) is 37.4 Å². The van der Waals surface area contributed by atoms with Crippen LogP contribution in [0.3, 0.4) is 0 Å². The fourth-order valence-corrected chi connectivity index (χ4v) is 2.15. The number of likely N-dealkylation sites (tertiary alicyclic amines) is 1. The molecule has 1 saturated carbocycles. The Labute approximate surface area is 77.3 Å². The van der Waals surface area contributed by atoms with Crippen LogP contribution in [0.15, 0.2) is 0 Å². The number of amides is 1. The highest BCUT2D eigenvalue weighted by Crippen LogP contribution is 2.42. The summed E-state index contributed by atoms with van der Waals surface area (Å²) in [6, 6.07) is 0. The molecule has 0 aromatic carbocycles. The van der Waals surface area contributed by atoms with Crippen molar-refractivity contribution >= 4 is 12.7 Å². The largest absolute Gasteiger partial charge is 0.343 e. The number of carbonyl (C=O) groups excluding carboxylic acids is 2. The Bertz CT molecular complexity index is 226. The van der Waals surface area contributed by atoms with Crippen molar-refractivity contribution < 1.29 is 9.59 Å². The van der Waals surface area contributed by atoms with Crippen molar-refractivity contribution in [3.05, 3.63) is 0 Å². The summed E-state index contributed by atoms with van der Waals surface area (Å²) in [7, 11) is 0. The first-order valence-electron chi connectivity index (χ1n) is 4.75. The van der Waals surface area contributed by atoms with E-state index in [1.807, 2.05) is 0 Å². The molecule has 1 amide bonds. The van der Waals surface area contributed by atoms with Crippen LogP contribution in [-0.2, 0) is 9.59 Å². The fourth-order valence-electron chi connectivity index (χ4n) is 2.15. The Kier molecular flexibility index (Phi) is 2.07. The van der Waals surface area contributed by atoms with Crippen LogP contribution >= 0.6 is 0 Å². The van der Waals surface area contributed by atoms with Crippen LogP contribution in [0.1, 0.15) is 25.7 Å². The number of carbonyl (C=O) groups is 2. The van der Waals surface area contributed by atoms with Crippen molar-refractivity contribution in [3.8, 4) is 0 Å². The summed E-state index contributed by atoms with van der Waals surface area (Å²) in [5.74, 6) is 0. The summed E-state index contributed by atoms with van der Waals surface area (Å²) in [5.41, 5.74) is -0.225. The summed E-state index contributed by atoms with van der Waals surface area (Å²) < 4.78 is 0. The molecule has 1 aliphatic carbocycles. The van der Waals surface area contributed by atoms with Crippen LogP contribution in [-0.4, -0.2) is 35.8 Å². The van der Waals surface area contributed by atoms with E-state index in [-0.39, 0.29) is 11.7 Å². The minimum atomic E-state index is -0.225. The fraction of sp³-hybridized carbons (Fsp3) is 0.778. The molecule has 1 N–H and O–H groups in total. The summed E-state index contributed by atoms with van der Waals surface area (Å²) in [6.45, 7) is 0.935. The lowest BCUT2D eigenvalue weighted by Crippen LogP contribution is -2.48. The molecular formula is C9H14N2O2. The highest BCUT2D eigenvalue weighted by molar-refractivity contribution is 5.69. The monoisotopic (exact) mass is 182 g/mol. The topological polar surface area (TPSA) is 49.4 Å². The highest BCUT2D eigenvalue weighted by Gasteiger charge is 2.51. The van der Waals surface area contributed by atoms with Crippen LogP contribution in [0.25, 0.3) is 0 Å². The molecule has 4 nitrogen and oxygen atoms in total. The van der Waals surface area contributed by atoms with Gasteiger partial charge in [0.1, 0.15) is 6.29 Å². The van der Waals surface area contributed by atoms with E-state index >= 15 is 0 Å². The Hall–Kier alpha value is -0.900. The van der Waals surface area contributed by atoms with Crippen molar-refractivity contribution in [1.82, 2.24) is 10.2 Å². The van der Waals surface area contributed by atoms with Gasteiger partial charge in [-0.2, -0.15) is 0 Å². The van der Waals surface area contributed by atoms with E-state index in [9.17, 15) is 9.59 Å². The molecule has 4 heteroatoms. The molecule has 0 aromatic rings. The molecular weight excluding hydrogens is 168 g/mol. The number of aldehydes is 1. The third kappa shape index (κ3) is 1.35. The second kappa shape index (κ2) is 3.10. The van der Waals surface area contributed by atoms with Gasteiger partial charge in [-0.15, -0.1) is 0 Å². The summed E-state index contributed by atoms with van der Waals surface area (Å²) in [6.07, 6.45) is 5.79. The van der Waals surface area contributed by atoms with Crippen molar-refractivity contribution in [2.24, 2.45) is 0 Å². The number of hydrogen-bond acceptors (Lipinski definition) is 3. The van der Waals surface area contributed by atoms with Gasteiger partial charge in [0.2, 0.25) is 6.41 Å². The molecule has 0 aromatic heterocycles. The normalized spacial score (nSPS) is 31.2. The van der Waals surface area contributed by atoms with Gasteiger partial charge in [0.05, 0.1) is 11.7 Å². The molecule has 2 fully saturated rings. The average molecular weight is 182 g/mol. The minimum absolute atomic E-state index is 0.0881. The molecule has 72 valence electrons. The molecule has 0 radical (unpaired) electrons. The molecule has 2 aliphatic rings. The molecule has 1 unspecified atom stereocenters. The summed E-state index contributed by atoms with van der Waals surface area (Å²) in [4.78, 5) is 23.3. The van der Waals surface area contributed by atoms with Gasteiger partial charge < -0.3 is 10.1 Å². The van der Waals surface area contributed by atoms with Gasteiger partial charge in [-0.1, -0.05) is 0 Å². The average Bonchev–Trinajstić information content (AvgIpc) is 2.82. The van der Waals surface area contributed by atoms with Crippen LogP contribution in [0, 0.1) is 0 Å². The van der Waals surface area contributed by atoms with Gasteiger partial charge in [0, 0.05) is 6.54 Å². The Morgan fingerprint density at radius 3 is 2.69 bits per heavy atom. The maximum Gasteiger partial charge on any atom is 0.208 e. The lowest BCUT2D eigenvalue weighted by atomic mass is 10.2. The van der Waals surface area contributed by atoms with E-state index < -0.39 is 0 Å². The molecule has 0 spiro atoms. The summed E-state index contributed by atoms with van der Waals surface area (Å²) >= 11 is 0. The molecule has 1 saturated heterocycles. The predicted molar refractivity (Wildman–Crippen MR) is 47.0 cm³/mol. The van der Waals surface area contributed by atoms with Crippen LogP contribution in [0.5, 0.6) is 0 Å². The van der Waals surface area contributed by atoms with E-state index in [4.69, 9.17) is 0 Å². The van der Waals surface area contributed by atoms with Crippen LogP contribution < -0.4 is 5.32 Å². The van der Waals surface area contributed by atoms with Crippen LogP contribution in [0.2, 0.25) is 0 Å². The van der Waals surface area contributed by atoms with Gasteiger partial charge in [-0.05, 0) is 25.7 Å². The Balaban J connectivity index is 2.04. The molecule has 0 bridgehead atoms. The molecule has 1 atom stereocenters. The zero-order valence-corrected chi connectivity index (χ0v) is 7.53. The maximum absolute atomic E-state index is 10.9. The first-order valence-corrected chi connectivity index (χ1v) is 4.75. The zero-order valence-electron chi connectivity index (χ0n) is 7.53. The van der Waals surface area contributed by atoms with Gasteiger partial charge in [0.25, 0.3) is 0 Å². The number of nitrogens with one attached hydrogen (secondary N) is 1. The van der Waals surface area contributed by atoms with Gasteiger partial charge >= 0.3 is 0 Å². The Morgan fingerprint density at radius 2 is 2.15 bits per heavy atom. The van der Waals surface area contributed by atoms with Crippen molar-refractivity contribution in [3.63, 3.8) is 0 Å². The highest BCUT2D eigenvalue weighted by atomic mass is 16.1. The van der Waals surface area contributed by atoms with Crippen molar-refractivity contribution in [1.29, 1.82) is 0 Å². The first-order chi connectivity index (χ1) is 6.32. The number of hydrogen-bond donors (Lipinski definition) is 1. The molecule has 2 rings (SSSR count). The standard InChI is InChI=1S/C9H14N2O2/c12-6-9(3-4-9)11-5-1-2-8(11)10-7-13/h6-8H,1-5H2,(H,10,13). The SMILES string of the molecule is O=CNC1CCCN1C1(C=O)CC1. The molecule has 13 heavy (non-hydrogen) atoms. The maximum atomic E-state index is 10.9. The smallest absolute Gasteiger partial charge is 0.208 e. The van der Waals surface area contributed by atoms with E-state index in [0.29, 0.717) is 0 Å². The number of nitrogens with zero attached hydrogens (tertiary/aromatic N) is 1. The number of rotatable bonds is 4. The quantitative estimate of drug-likeness (QED) is 0.617. The second-order valence-electron chi connectivity index (χ2n) is 3.86. The molecule has 1 heterocycles. The van der Waals surface area contributed by atoms with E-state index in [0.717, 1.165) is 44.9 Å². The Morgan fingerprint density at radius 1 is 1.38 bits per heavy atom. The minimum Gasteiger partial charge on any atom is -0.343 e. The lowest BCUT2D eigenvalue weighted by molar-refractivity contribution is -0.117. The van der Waals surface area contributed by atoms with Gasteiger partial charge in [-0.3, -0.25) is 9.69 Å². The third-order valence-electron chi connectivity index (χ3n) is 3.07. The lowest BCUT2D eigenvalue weighted by Gasteiger charge is -2.28. The zero-order chi connectivity index (χ0) is 9.31.